The van der Waals surface area contributed by atoms with Crippen molar-refractivity contribution >= 4 is 34.3 Å². The van der Waals surface area contributed by atoms with Gasteiger partial charge in [-0.3, -0.25) is 4.90 Å². The molecule has 2 aromatic heterocycles. The number of hydrogen-bond donors (Lipinski definition) is 3. The van der Waals surface area contributed by atoms with Gasteiger partial charge < -0.3 is 21.3 Å². The first-order chi connectivity index (χ1) is 18.6. The van der Waals surface area contributed by atoms with E-state index in [1.165, 1.54) is 5.56 Å². The second-order valence-corrected chi connectivity index (χ2v) is 11.4. The van der Waals surface area contributed by atoms with Crippen LogP contribution in [0.1, 0.15) is 32.0 Å². The molecule has 0 atom stereocenters. The fourth-order valence-corrected chi connectivity index (χ4v) is 4.87. The van der Waals surface area contributed by atoms with Gasteiger partial charge in [-0.15, -0.1) is 0 Å². The van der Waals surface area contributed by atoms with Gasteiger partial charge in [-0.2, -0.15) is 5.10 Å². The van der Waals surface area contributed by atoms with Crippen molar-refractivity contribution in [2.75, 3.05) is 49.6 Å². The first-order valence-corrected chi connectivity index (χ1v) is 13.4. The zero-order chi connectivity index (χ0) is 27.7. The lowest BCUT2D eigenvalue weighted by molar-refractivity contribution is 0.148. The molecule has 204 valence electrons. The van der Waals surface area contributed by atoms with Gasteiger partial charge in [0.25, 0.3) is 0 Å². The molecule has 5 rings (SSSR count). The number of hydrogen-bond acceptors (Lipinski definition) is 6. The Balaban J connectivity index is 1.26. The van der Waals surface area contributed by atoms with E-state index in [2.05, 4.69) is 71.6 Å². The Labute approximate surface area is 230 Å². The third-order valence-corrected chi connectivity index (χ3v) is 7.26. The molecule has 9 nitrogen and oxygen atoms in total. The summed E-state index contributed by atoms with van der Waals surface area (Å²) in [4.78, 5) is 22.3. The van der Waals surface area contributed by atoms with Crippen molar-refractivity contribution < 1.29 is 4.79 Å². The number of aryl methyl sites for hydroxylation is 1. The maximum absolute atomic E-state index is 12.7. The molecular formula is C30H38N8O. The van der Waals surface area contributed by atoms with Crippen LogP contribution in [-0.4, -0.2) is 63.8 Å². The molecule has 3 heterocycles. The van der Waals surface area contributed by atoms with E-state index in [1.807, 2.05) is 43.4 Å². The highest BCUT2D eigenvalue weighted by Crippen LogP contribution is 2.35. The molecule has 1 aliphatic heterocycles. The first kappa shape index (κ1) is 26.6. The van der Waals surface area contributed by atoms with E-state index in [0.717, 1.165) is 66.3 Å². The lowest BCUT2D eigenvalue weighted by Crippen LogP contribution is -2.43. The molecule has 4 N–H and O–H groups in total. The number of piperazine rings is 1. The lowest BCUT2D eigenvalue weighted by Gasteiger charge is -2.32. The Kier molecular flexibility index (Phi) is 7.29. The third-order valence-electron chi connectivity index (χ3n) is 7.26. The van der Waals surface area contributed by atoms with E-state index >= 15 is 0 Å². The molecule has 0 radical (unpaired) electrons. The van der Waals surface area contributed by atoms with Crippen LogP contribution in [0.2, 0.25) is 0 Å². The van der Waals surface area contributed by atoms with Crippen LogP contribution in [0.5, 0.6) is 0 Å². The summed E-state index contributed by atoms with van der Waals surface area (Å²) >= 11 is 0. The maximum Gasteiger partial charge on any atom is 0.323 e. The first-order valence-electron chi connectivity index (χ1n) is 13.4. The number of nitrogens with zero attached hydrogens (tertiary/aromatic N) is 5. The van der Waals surface area contributed by atoms with Gasteiger partial charge in [0.05, 0.1) is 5.39 Å². The molecule has 0 spiro atoms. The number of benzene rings is 2. The molecule has 4 aromatic rings. The number of fused-ring (bicyclic) bond motifs is 1. The number of anilines is 3. The van der Waals surface area contributed by atoms with E-state index in [0.29, 0.717) is 11.5 Å². The van der Waals surface area contributed by atoms with Crippen LogP contribution in [0.3, 0.4) is 0 Å². The topological polar surface area (TPSA) is 104 Å². The standard InChI is InChI=1S/C30H38N8O/c1-30(2,3)25-18-24(26-27(31)35-37(5)28(26)34-25)21-8-12-23(13-9-21)33-29(39)32-22-10-6-20(7-11-22)19-38-16-14-36(4)15-17-38/h6-13,18H,14-17,19H2,1-5H3,(H2,31,35)(H2,32,33,39). The quantitative estimate of drug-likeness (QED) is 0.342. The minimum Gasteiger partial charge on any atom is -0.382 e. The summed E-state index contributed by atoms with van der Waals surface area (Å²) < 4.78 is 1.72. The van der Waals surface area contributed by atoms with Gasteiger partial charge in [-0.1, -0.05) is 45.0 Å². The van der Waals surface area contributed by atoms with E-state index in [1.54, 1.807) is 4.68 Å². The number of nitrogens with two attached hydrogens (primary N) is 1. The van der Waals surface area contributed by atoms with Gasteiger partial charge in [0.2, 0.25) is 0 Å². The van der Waals surface area contributed by atoms with Gasteiger partial charge >= 0.3 is 6.03 Å². The average Bonchev–Trinajstić information content (AvgIpc) is 3.19. The van der Waals surface area contributed by atoms with E-state index in [9.17, 15) is 4.79 Å². The molecule has 1 aliphatic rings. The Morgan fingerprint density at radius 2 is 1.51 bits per heavy atom. The predicted octanol–water partition coefficient (Wildman–Crippen LogP) is 4.91. The highest BCUT2D eigenvalue weighted by Gasteiger charge is 2.22. The van der Waals surface area contributed by atoms with Crippen molar-refractivity contribution in [1.29, 1.82) is 0 Å². The van der Waals surface area contributed by atoms with E-state index in [-0.39, 0.29) is 11.4 Å². The van der Waals surface area contributed by atoms with Crippen molar-refractivity contribution in [1.82, 2.24) is 24.6 Å². The number of pyridine rings is 1. The zero-order valence-corrected chi connectivity index (χ0v) is 23.5. The van der Waals surface area contributed by atoms with Gasteiger partial charge in [-0.25, -0.2) is 14.5 Å². The number of rotatable bonds is 5. The molecule has 0 bridgehead atoms. The minimum absolute atomic E-state index is 0.135. The second kappa shape index (κ2) is 10.7. The number of nitrogens with one attached hydrogen (secondary N) is 2. The van der Waals surface area contributed by atoms with Crippen molar-refractivity contribution in [3.05, 3.63) is 65.9 Å². The average molecular weight is 527 g/mol. The molecule has 0 aliphatic carbocycles. The third kappa shape index (κ3) is 6.05. The van der Waals surface area contributed by atoms with Crippen LogP contribution in [-0.2, 0) is 19.0 Å². The molecule has 9 heteroatoms. The normalized spacial score (nSPS) is 15.0. The lowest BCUT2D eigenvalue weighted by atomic mass is 9.89. The molecule has 2 amide bonds. The van der Waals surface area contributed by atoms with Gasteiger partial charge in [0.15, 0.2) is 11.5 Å². The highest BCUT2D eigenvalue weighted by atomic mass is 16.2. The molecule has 2 aromatic carbocycles. The molecule has 1 saturated heterocycles. The SMILES string of the molecule is CN1CCN(Cc2ccc(NC(=O)Nc3ccc(-c4cc(C(C)(C)C)nc5c4c(N)nn5C)cc3)cc2)CC1. The Morgan fingerprint density at radius 1 is 0.923 bits per heavy atom. The summed E-state index contributed by atoms with van der Waals surface area (Å²) in [6.45, 7) is 11.7. The number of likely N-dealkylation sites (N-methyl/N-ethyl adjacent to an activating group) is 1. The van der Waals surface area contributed by atoms with Crippen LogP contribution < -0.4 is 16.4 Å². The Morgan fingerprint density at radius 3 is 2.10 bits per heavy atom. The van der Waals surface area contributed by atoms with Crippen LogP contribution >= 0.6 is 0 Å². The Bertz CT molecular complexity index is 1460. The number of nitrogen functional groups attached to an aromatic ring is 1. The molecule has 39 heavy (non-hydrogen) atoms. The zero-order valence-electron chi connectivity index (χ0n) is 23.5. The smallest absolute Gasteiger partial charge is 0.323 e. The number of amides is 2. The van der Waals surface area contributed by atoms with E-state index in [4.69, 9.17) is 10.7 Å². The summed E-state index contributed by atoms with van der Waals surface area (Å²) in [5, 5.41) is 11.1. The highest BCUT2D eigenvalue weighted by molar-refractivity contribution is 6.02. The number of urea groups is 1. The molecular weight excluding hydrogens is 488 g/mol. The summed E-state index contributed by atoms with van der Waals surface area (Å²) in [6, 6.07) is 17.6. The van der Waals surface area contributed by atoms with Crippen LogP contribution in [0.4, 0.5) is 22.0 Å². The van der Waals surface area contributed by atoms with Crippen LogP contribution in [0, 0.1) is 0 Å². The largest absolute Gasteiger partial charge is 0.382 e. The van der Waals surface area contributed by atoms with Crippen LogP contribution in [0.25, 0.3) is 22.2 Å². The van der Waals surface area contributed by atoms with Gasteiger partial charge in [-0.05, 0) is 54.1 Å². The Hall–Kier alpha value is -3.95. The second-order valence-electron chi connectivity index (χ2n) is 11.4. The molecule has 1 fully saturated rings. The van der Waals surface area contributed by atoms with Crippen molar-refractivity contribution in [2.24, 2.45) is 7.05 Å². The van der Waals surface area contributed by atoms with Crippen molar-refractivity contribution in [3.8, 4) is 11.1 Å². The van der Waals surface area contributed by atoms with Gasteiger partial charge in [0, 0.05) is 62.3 Å². The maximum atomic E-state index is 12.7. The number of carbonyl (C=O) groups excluding carboxylic acids is 1. The minimum atomic E-state index is -0.285. The van der Waals surface area contributed by atoms with Crippen molar-refractivity contribution in [3.63, 3.8) is 0 Å². The predicted molar refractivity (Wildman–Crippen MR) is 159 cm³/mol. The van der Waals surface area contributed by atoms with Crippen molar-refractivity contribution in [2.45, 2.75) is 32.7 Å². The molecule has 0 unspecified atom stereocenters. The number of carbonyl (C=O) groups is 1. The number of aromatic nitrogens is 3. The fraction of sp³-hybridized carbons (Fsp3) is 0.367. The summed E-state index contributed by atoms with van der Waals surface area (Å²) in [6.07, 6.45) is 0. The monoisotopic (exact) mass is 526 g/mol. The van der Waals surface area contributed by atoms with E-state index < -0.39 is 0 Å². The fourth-order valence-electron chi connectivity index (χ4n) is 4.87. The summed E-state index contributed by atoms with van der Waals surface area (Å²) in [5.41, 5.74) is 12.5. The summed E-state index contributed by atoms with van der Waals surface area (Å²) in [5.74, 6) is 0.451. The van der Waals surface area contributed by atoms with Crippen LogP contribution in [0.15, 0.2) is 54.6 Å². The van der Waals surface area contributed by atoms with Gasteiger partial charge in [0.1, 0.15) is 0 Å². The molecule has 0 saturated carbocycles. The summed E-state index contributed by atoms with van der Waals surface area (Å²) in [7, 11) is 4.02.